The van der Waals surface area contributed by atoms with Crippen molar-refractivity contribution >= 4 is 0 Å². The Morgan fingerprint density at radius 1 is 1.33 bits per heavy atom. The lowest BCUT2D eigenvalue weighted by atomic mass is 9.95. The molecule has 0 radical (unpaired) electrons. The number of rotatable bonds is 3. The first-order valence-corrected chi connectivity index (χ1v) is 7.67. The van der Waals surface area contributed by atoms with Gasteiger partial charge in [-0.25, -0.2) is 0 Å². The molecule has 21 heavy (non-hydrogen) atoms. The maximum atomic E-state index is 8.98. The monoisotopic (exact) mass is 280 g/mol. The molecular weight excluding hydrogens is 256 g/mol. The van der Waals surface area contributed by atoms with E-state index in [1.54, 1.807) is 0 Å². The van der Waals surface area contributed by atoms with Gasteiger partial charge in [-0.1, -0.05) is 37.3 Å². The van der Waals surface area contributed by atoms with Crippen molar-refractivity contribution in [1.82, 2.24) is 4.90 Å². The van der Waals surface area contributed by atoms with Gasteiger partial charge in [0.15, 0.2) is 0 Å². The number of nitriles is 1. The Balaban J connectivity index is 2.36. The second-order valence-corrected chi connectivity index (χ2v) is 5.71. The van der Waals surface area contributed by atoms with Gasteiger partial charge in [-0.2, -0.15) is 5.26 Å². The Morgan fingerprint density at radius 3 is 2.62 bits per heavy atom. The van der Waals surface area contributed by atoms with E-state index in [4.69, 9.17) is 5.26 Å². The second-order valence-electron chi connectivity index (χ2n) is 5.71. The zero-order chi connectivity index (χ0) is 15.4. The maximum absolute atomic E-state index is 8.98. The van der Waals surface area contributed by atoms with Gasteiger partial charge in [0.25, 0.3) is 0 Å². The quantitative estimate of drug-likeness (QED) is 0.711. The summed E-state index contributed by atoms with van der Waals surface area (Å²) in [7, 11) is 0. The Hall–Kier alpha value is -2.01. The van der Waals surface area contributed by atoms with E-state index in [-0.39, 0.29) is 0 Å². The summed E-state index contributed by atoms with van der Waals surface area (Å²) in [6, 6.07) is 2.95. The third-order valence-corrected chi connectivity index (χ3v) is 4.48. The van der Waals surface area contributed by atoms with Crippen LogP contribution in [0.5, 0.6) is 0 Å². The van der Waals surface area contributed by atoms with Crippen LogP contribution in [0.3, 0.4) is 0 Å². The highest BCUT2D eigenvalue weighted by molar-refractivity contribution is 5.40. The Morgan fingerprint density at radius 2 is 2.10 bits per heavy atom. The molecule has 0 spiro atoms. The van der Waals surface area contributed by atoms with E-state index in [2.05, 4.69) is 69.0 Å². The smallest absolute Gasteiger partial charge is 0.0988 e. The molecule has 110 valence electrons. The Labute approximate surface area is 128 Å². The topological polar surface area (TPSA) is 27.0 Å². The summed E-state index contributed by atoms with van der Waals surface area (Å²) >= 11 is 0. The summed E-state index contributed by atoms with van der Waals surface area (Å²) in [5.74, 6) is 0.516. The lowest BCUT2D eigenvalue weighted by Crippen LogP contribution is -2.39. The van der Waals surface area contributed by atoms with E-state index in [0.29, 0.717) is 18.0 Å². The minimum atomic E-state index is 0.328. The first-order valence-electron chi connectivity index (χ1n) is 7.67. The van der Waals surface area contributed by atoms with Crippen molar-refractivity contribution in [2.24, 2.45) is 5.92 Å². The molecule has 1 aliphatic heterocycles. The highest BCUT2D eigenvalue weighted by Gasteiger charge is 2.36. The van der Waals surface area contributed by atoms with E-state index in [9.17, 15) is 0 Å². The fourth-order valence-corrected chi connectivity index (χ4v) is 3.22. The molecule has 3 unspecified atom stereocenters. The summed E-state index contributed by atoms with van der Waals surface area (Å²) in [6.07, 6.45) is 15.8. The summed E-state index contributed by atoms with van der Waals surface area (Å²) in [6.45, 7) is 8.68. The number of hydrogen-bond donors (Lipinski definition) is 0. The van der Waals surface area contributed by atoms with Crippen molar-refractivity contribution in [2.75, 3.05) is 0 Å². The lowest BCUT2D eigenvalue weighted by Gasteiger charge is -2.35. The Bertz CT molecular complexity index is 581. The summed E-state index contributed by atoms with van der Waals surface area (Å²) in [5, 5.41) is 8.98. The minimum Gasteiger partial charge on any atom is -0.358 e. The van der Waals surface area contributed by atoms with Gasteiger partial charge in [-0.15, -0.1) is 0 Å². The van der Waals surface area contributed by atoms with Crippen molar-refractivity contribution in [3.63, 3.8) is 0 Å². The first kappa shape index (κ1) is 15.4. The van der Waals surface area contributed by atoms with E-state index in [1.165, 1.54) is 11.3 Å². The van der Waals surface area contributed by atoms with E-state index in [1.807, 2.05) is 12.2 Å². The van der Waals surface area contributed by atoms with Crippen LogP contribution in [-0.2, 0) is 0 Å². The molecule has 0 saturated carbocycles. The molecule has 0 bridgehead atoms. The van der Waals surface area contributed by atoms with E-state index < -0.39 is 0 Å². The summed E-state index contributed by atoms with van der Waals surface area (Å²) in [5.41, 5.74) is 3.55. The molecule has 1 heterocycles. The van der Waals surface area contributed by atoms with Crippen molar-refractivity contribution in [2.45, 2.75) is 46.2 Å². The van der Waals surface area contributed by atoms with Gasteiger partial charge in [0.05, 0.1) is 18.2 Å². The highest BCUT2D eigenvalue weighted by Crippen LogP contribution is 2.38. The molecule has 0 amide bonds. The third kappa shape index (κ3) is 2.88. The van der Waals surface area contributed by atoms with Crippen LogP contribution in [0, 0.1) is 17.2 Å². The standard InChI is InChI=1S/C19H24N2/c1-5-7-18-14(3)15(4)19(8-6-2)21(18)17-11-9-16(13-20)10-12-17/h5-11,14,17-18H,12H2,1-4H3/b7-5-,8-6-. The predicted molar refractivity (Wildman–Crippen MR) is 88.4 cm³/mol. The zero-order valence-electron chi connectivity index (χ0n) is 13.4. The average Bonchev–Trinajstić information content (AvgIpc) is 2.74. The molecule has 2 rings (SSSR count). The second kappa shape index (κ2) is 6.63. The molecule has 2 nitrogen and oxygen atoms in total. The fourth-order valence-electron chi connectivity index (χ4n) is 3.22. The number of hydrogen-bond acceptors (Lipinski definition) is 2. The molecule has 3 atom stereocenters. The molecule has 0 aromatic carbocycles. The predicted octanol–water partition coefficient (Wildman–Crippen LogP) is 4.51. The molecule has 0 N–H and O–H groups in total. The van der Waals surface area contributed by atoms with Crippen LogP contribution in [0.15, 0.2) is 59.4 Å². The molecule has 2 aliphatic rings. The zero-order valence-corrected chi connectivity index (χ0v) is 13.4. The van der Waals surface area contributed by atoms with Gasteiger partial charge in [-0.3, -0.25) is 0 Å². The summed E-state index contributed by atoms with van der Waals surface area (Å²) in [4.78, 5) is 2.50. The van der Waals surface area contributed by atoms with Crippen LogP contribution in [0.2, 0.25) is 0 Å². The van der Waals surface area contributed by atoms with Crippen molar-refractivity contribution in [3.05, 3.63) is 59.4 Å². The summed E-state index contributed by atoms with van der Waals surface area (Å²) < 4.78 is 0. The van der Waals surface area contributed by atoms with Gasteiger partial charge in [0, 0.05) is 17.2 Å². The van der Waals surface area contributed by atoms with Crippen molar-refractivity contribution < 1.29 is 0 Å². The van der Waals surface area contributed by atoms with Gasteiger partial charge < -0.3 is 4.90 Å². The number of nitrogens with zero attached hydrogens (tertiary/aromatic N) is 2. The van der Waals surface area contributed by atoms with Crippen LogP contribution in [0.25, 0.3) is 0 Å². The average molecular weight is 280 g/mol. The van der Waals surface area contributed by atoms with Crippen molar-refractivity contribution in [3.8, 4) is 6.07 Å². The normalized spacial score (nSPS) is 29.6. The molecule has 2 heteroatoms. The molecular formula is C19H24N2. The molecule has 0 saturated heterocycles. The largest absolute Gasteiger partial charge is 0.358 e. The molecule has 0 aromatic heterocycles. The SMILES string of the molecule is C/C=C\C1=C(C)C(C)C(/C=C\C)N1C1C=CC(C#N)=CC1. The lowest BCUT2D eigenvalue weighted by molar-refractivity contribution is 0.249. The molecule has 0 aromatic rings. The number of allylic oxidation sites excluding steroid dienone is 5. The van der Waals surface area contributed by atoms with Crippen LogP contribution in [0.4, 0.5) is 0 Å². The van der Waals surface area contributed by atoms with Crippen molar-refractivity contribution in [1.29, 1.82) is 5.26 Å². The fraction of sp³-hybridized carbons (Fsp3) is 0.421. The molecule has 0 fully saturated rings. The van der Waals surface area contributed by atoms with Gasteiger partial charge >= 0.3 is 0 Å². The van der Waals surface area contributed by atoms with Gasteiger partial charge in [0.2, 0.25) is 0 Å². The van der Waals surface area contributed by atoms with Crippen LogP contribution in [0.1, 0.15) is 34.1 Å². The van der Waals surface area contributed by atoms with E-state index >= 15 is 0 Å². The van der Waals surface area contributed by atoms with Crippen LogP contribution in [-0.4, -0.2) is 17.0 Å². The molecule has 1 aliphatic carbocycles. The minimum absolute atomic E-state index is 0.328. The third-order valence-electron chi connectivity index (χ3n) is 4.48. The van der Waals surface area contributed by atoms with Gasteiger partial charge in [0.1, 0.15) is 0 Å². The van der Waals surface area contributed by atoms with Crippen LogP contribution >= 0.6 is 0 Å². The first-order chi connectivity index (χ1) is 10.1. The van der Waals surface area contributed by atoms with Gasteiger partial charge in [-0.05, 0) is 44.9 Å². The maximum Gasteiger partial charge on any atom is 0.0988 e. The highest BCUT2D eigenvalue weighted by atomic mass is 15.2. The van der Waals surface area contributed by atoms with E-state index in [0.717, 1.165) is 12.0 Å². The Kier molecular flexibility index (Phi) is 4.85. The van der Waals surface area contributed by atoms with Crippen LogP contribution < -0.4 is 0 Å².